The van der Waals surface area contributed by atoms with Crippen molar-refractivity contribution >= 4 is 39.2 Å². The molecule has 0 fully saturated rings. The van der Waals surface area contributed by atoms with Gasteiger partial charge in [0, 0.05) is 32.1 Å². The van der Waals surface area contributed by atoms with Crippen LogP contribution in [0.5, 0.6) is 0 Å². The molecule has 0 bridgehead atoms. The fraction of sp³-hybridized carbons (Fsp3) is 1.00. The standard InChI is InChI=1S/C40H88N4O18S3Si/c1-4-6-8-10-12-14-16-22-44(3,23-17-15-13-11-9-7-5-2)24-18-28-66(60-35-38(29-45,30-46)41-19-25-63(51,52)53,61-36-39(31-47,32-48)42-20-26-64(54,55)56)62-37-40(33-49,34-50)43-21-27-65(57,58)59/h41-43,45-50H,4-37H2,1-3H3,(H2-,51,52,53,54,55,56,57,58,59)/p+1. The van der Waals surface area contributed by atoms with E-state index in [0.29, 0.717) is 17.4 Å². The van der Waals surface area contributed by atoms with Gasteiger partial charge in [-0.3, -0.25) is 13.7 Å². The minimum Gasteiger partial charge on any atom is -0.394 e. The first kappa shape index (κ1) is 65.4. The molecule has 0 unspecified atom stereocenters. The Morgan fingerprint density at radius 1 is 0.439 bits per heavy atom. The molecular formula is C40H89N4O18S3Si+. The Labute approximate surface area is 396 Å². The average Bonchev–Trinajstić information content (AvgIpc) is 3.25. The Morgan fingerprint density at radius 2 is 0.697 bits per heavy atom. The molecule has 66 heavy (non-hydrogen) atoms. The van der Waals surface area contributed by atoms with Gasteiger partial charge in [-0.25, -0.2) is 0 Å². The number of aliphatic hydroxyl groups excluding tert-OH is 6. The Balaban J connectivity index is 7.24. The van der Waals surface area contributed by atoms with Crippen LogP contribution in [0.2, 0.25) is 6.04 Å². The van der Waals surface area contributed by atoms with Crippen LogP contribution in [-0.2, 0) is 43.6 Å². The summed E-state index contributed by atoms with van der Waals surface area (Å²) in [7, 11) is -15.7. The van der Waals surface area contributed by atoms with E-state index in [0.717, 1.165) is 77.3 Å². The number of nitrogens with one attached hydrogen (secondary N) is 3. The molecule has 22 nitrogen and oxygen atoms in total. The number of hydrogen-bond acceptors (Lipinski definition) is 18. The first-order valence-electron chi connectivity index (χ1n) is 23.4. The number of nitrogens with zero attached hydrogens (tertiary/aromatic N) is 1. The first-order valence-corrected chi connectivity index (χ1v) is 30.2. The number of aliphatic hydroxyl groups is 6. The zero-order chi connectivity index (χ0) is 50.3. The van der Waals surface area contributed by atoms with Crippen LogP contribution in [0.1, 0.15) is 110 Å². The summed E-state index contributed by atoms with van der Waals surface area (Å²) in [5.41, 5.74) is -5.36. The van der Waals surface area contributed by atoms with Gasteiger partial charge in [0.25, 0.3) is 30.4 Å². The molecule has 0 aromatic heterocycles. The molecule has 0 aliphatic carbocycles. The quantitative estimate of drug-likeness (QED) is 0.0164. The highest BCUT2D eigenvalue weighted by atomic mass is 32.2. The second-order valence-corrected chi connectivity index (χ2v) is 25.6. The van der Waals surface area contributed by atoms with Crippen molar-refractivity contribution in [3.8, 4) is 0 Å². The topological polar surface area (TPSA) is 348 Å². The van der Waals surface area contributed by atoms with Crippen LogP contribution >= 0.6 is 0 Å². The summed E-state index contributed by atoms with van der Waals surface area (Å²) in [5.74, 6) is -2.39. The first-order chi connectivity index (χ1) is 30.9. The van der Waals surface area contributed by atoms with Gasteiger partial charge in [0.05, 0.1) is 120 Å². The average molecular weight is 1040 g/mol. The van der Waals surface area contributed by atoms with Gasteiger partial charge in [-0.05, 0) is 25.7 Å². The molecule has 0 aromatic carbocycles. The van der Waals surface area contributed by atoms with Crippen molar-refractivity contribution in [2.45, 2.75) is 133 Å². The molecule has 0 heterocycles. The molecule has 0 aromatic rings. The number of unbranched alkanes of at least 4 members (excludes halogenated alkanes) is 12. The third kappa shape index (κ3) is 30.2. The molecule has 26 heteroatoms. The van der Waals surface area contributed by atoms with Crippen LogP contribution in [0.15, 0.2) is 0 Å². The van der Waals surface area contributed by atoms with E-state index in [9.17, 15) is 69.6 Å². The third-order valence-electron chi connectivity index (χ3n) is 11.9. The highest BCUT2D eigenvalue weighted by molar-refractivity contribution is 7.86. The van der Waals surface area contributed by atoms with Gasteiger partial charge in [0.2, 0.25) is 0 Å². The second-order valence-electron chi connectivity index (χ2n) is 18.1. The lowest BCUT2D eigenvalue weighted by Crippen LogP contribution is -2.64. The molecule has 0 amide bonds. The van der Waals surface area contributed by atoms with Gasteiger partial charge in [-0.1, -0.05) is 78.1 Å². The minimum atomic E-state index is -4.48. The predicted octanol–water partition coefficient (Wildman–Crippen LogP) is -0.0846. The van der Waals surface area contributed by atoms with Crippen molar-refractivity contribution in [2.75, 3.05) is 123 Å². The van der Waals surface area contributed by atoms with Gasteiger partial charge in [-0.15, -0.1) is 0 Å². The zero-order valence-corrected chi connectivity index (χ0v) is 43.4. The third-order valence-corrected chi connectivity index (χ3v) is 16.8. The van der Waals surface area contributed by atoms with E-state index in [1.807, 2.05) is 0 Å². The predicted molar refractivity (Wildman–Crippen MR) is 254 cm³/mol. The second kappa shape index (κ2) is 33.9. The largest absolute Gasteiger partial charge is 0.501 e. The molecular weight excluding hydrogens is 949 g/mol. The molecule has 0 spiro atoms. The Hall–Kier alpha value is -0.573. The number of quaternary nitrogens is 1. The van der Waals surface area contributed by atoms with Crippen molar-refractivity contribution in [3.05, 3.63) is 0 Å². The lowest BCUT2D eigenvalue weighted by atomic mass is 10.0. The van der Waals surface area contributed by atoms with E-state index in [1.165, 1.54) is 25.7 Å². The number of hydrogen-bond donors (Lipinski definition) is 12. The lowest BCUT2D eigenvalue weighted by Gasteiger charge is -2.41. The van der Waals surface area contributed by atoms with Crippen LogP contribution in [0.4, 0.5) is 0 Å². The summed E-state index contributed by atoms with van der Waals surface area (Å²) < 4.78 is 118. The SMILES string of the molecule is CCCCCCCCC[N+](C)(CCCCCCCCC)CCC[Si](OCC(CO)(CO)NCCS(=O)(=O)O)(OCC(CO)(CO)NCCS(=O)(=O)O)OCC(CO)(CO)NCCS(=O)(=O)O. The minimum absolute atomic E-state index is 0.0389. The van der Waals surface area contributed by atoms with E-state index < -0.39 is 152 Å². The van der Waals surface area contributed by atoms with Crippen LogP contribution in [0, 0.1) is 0 Å². The Bertz CT molecular complexity index is 1410. The van der Waals surface area contributed by atoms with Gasteiger partial charge < -0.3 is 64.4 Å². The smallest absolute Gasteiger partial charge is 0.394 e. The Morgan fingerprint density at radius 3 is 0.955 bits per heavy atom. The molecule has 0 aliphatic heterocycles. The zero-order valence-electron chi connectivity index (χ0n) is 39.9. The summed E-state index contributed by atoms with van der Waals surface area (Å²) >= 11 is 0. The van der Waals surface area contributed by atoms with Crippen molar-refractivity contribution in [1.29, 1.82) is 0 Å². The molecule has 0 rings (SSSR count). The fourth-order valence-corrected chi connectivity index (χ4v) is 11.1. The molecule has 0 saturated carbocycles. The van der Waals surface area contributed by atoms with Gasteiger partial charge in [0.15, 0.2) is 0 Å². The van der Waals surface area contributed by atoms with E-state index in [1.54, 1.807) is 0 Å². The van der Waals surface area contributed by atoms with Gasteiger partial charge in [0.1, 0.15) is 0 Å². The highest BCUT2D eigenvalue weighted by Gasteiger charge is 2.48. The number of rotatable bonds is 47. The van der Waals surface area contributed by atoms with Crippen molar-refractivity contribution in [2.24, 2.45) is 0 Å². The van der Waals surface area contributed by atoms with E-state index >= 15 is 0 Å². The van der Waals surface area contributed by atoms with Crippen LogP contribution in [0.3, 0.4) is 0 Å². The van der Waals surface area contributed by atoms with Gasteiger partial charge in [-0.2, -0.15) is 25.3 Å². The highest BCUT2D eigenvalue weighted by Crippen LogP contribution is 2.26. The summed E-state index contributed by atoms with van der Waals surface area (Å²) in [4.78, 5) is 0. The summed E-state index contributed by atoms with van der Waals surface area (Å²) in [6, 6.07) is -0.0389. The van der Waals surface area contributed by atoms with Crippen molar-refractivity contribution in [1.82, 2.24) is 16.0 Å². The molecule has 0 radical (unpaired) electrons. The van der Waals surface area contributed by atoms with Crippen LogP contribution < -0.4 is 16.0 Å². The maximum atomic E-state index is 11.6. The molecule has 12 N–H and O–H groups in total. The van der Waals surface area contributed by atoms with Crippen LogP contribution in [-0.4, -0.2) is 222 Å². The van der Waals surface area contributed by atoms with Crippen molar-refractivity contribution < 1.29 is 87.3 Å². The fourth-order valence-electron chi connectivity index (χ4n) is 7.25. The molecule has 398 valence electrons. The monoisotopic (exact) mass is 1040 g/mol. The normalized spacial score (nSPS) is 13.8. The summed E-state index contributed by atoms with van der Waals surface area (Å²) in [6.07, 6.45) is 16.0. The van der Waals surface area contributed by atoms with Crippen molar-refractivity contribution in [3.63, 3.8) is 0 Å². The van der Waals surface area contributed by atoms with Gasteiger partial charge >= 0.3 is 8.80 Å². The van der Waals surface area contributed by atoms with E-state index in [2.05, 4.69) is 36.8 Å². The molecule has 0 saturated heterocycles. The molecule has 0 aliphatic rings. The van der Waals surface area contributed by atoms with E-state index in [-0.39, 0.29) is 6.04 Å². The maximum Gasteiger partial charge on any atom is 0.501 e. The maximum absolute atomic E-state index is 11.6. The lowest BCUT2D eigenvalue weighted by molar-refractivity contribution is -0.910. The van der Waals surface area contributed by atoms with Crippen LogP contribution in [0.25, 0.3) is 0 Å². The summed E-state index contributed by atoms with van der Waals surface area (Å²) in [6.45, 7) is -1.64. The summed E-state index contributed by atoms with van der Waals surface area (Å²) in [5, 5.41) is 71.3. The Kier molecular flexibility index (Phi) is 33.6. The van der Waals surface area contributed by atoms with E-state index in [4.69, 9.17) is 13.3 Å². The molecule has 0 atom stereocenters.